The zero-order valence-corrected chi connectivity index (χ0v) is 8.88. The van der Waals surface area contributed by atoms with Gasteiger partial charge in [0.15, 0.2) is 0 Å². The second kappa shape index (κ2) is 3.31. The minimum atomic E-state index is 0.0957. The Morgan fingerprint density at radius 1 is 1.43 bits per heavy atom. The average molecular weight is 191 g/mol. The van der Waals surface area contributed by atoms with Crippen molar-refractivity contribution in [1.82, 2.24) is 9.97 Å². The van der Waals surface area contributed by atoms with Gasteiger partial charge in [0, 0.05) is 23.9 Å². The highest BCUT2D eigenvalue weighted by atomic mass is 14.9. The normalized spacial score (nSPS) is 19.1. The number of aryl methyl sites for hydroxylation is 2. The lowest BCUT2D eigenvalue weighted by Gasteiger charge is -2.39. The fraction of sp³-hybridized carbons (Fsp3) is 0.636. The first kappa shape index (κ1) is 9.59. The van der Waals surface area contributed by atoms with E-state index in [-0.39, 0.29) is 5.41 Å². The van der Waals surface area contributed by atoms with Gasteiger partial charge in [-0.1, -0.05) is 6.42 Å². The molecule has 0 atom stereocenters. The summed E-state index contributed by atoms with van der Waals surface area (Å²) in [5.74, 6) is 0.953. The van der Waals surface area contributed by atoms with E-state index in [9.17, 15) is 0 Å². The average Bonchev–Trinajstić information content (AvgIpc) is 2.10. The molecule has 0 spiro atoms. The summed E-state index contributed by atoms with van der Waals surface area (Å²) in [6.45, 7) is 4.74. The van der Waals surface area contributed by atoms with Crippen LogP contribution in [0.2, 0.25) is 0 Å². The first-order valence-electron chi connectivity index (χ1n) is 5.19. The van der Waals surface area contributed by atoms with Crippen LogP contribution < -0.4 is 5.73 Å². The molecule has 0 saturated heterocycles. The maximum absolute atomic E-state index is 5.81. The van der Waals surface area contributed by atoms with Gasteiger partial charge in [-0.25, -0.2) is 9.97 Å². The molecule has 1 aliphatic rings. The van der Waals surface area contributed by atoms with Crippen molar-refractivity contribution in [2.75, 3.05) is 6.54 Å². The molecule has 2 rings (SSSR count). The number of hydrogen-bond acceptors (Lipinski definition) is 3. The first-order chi connectivity index (χ1) is 6.68. The Labute approximate surface area is 84.8 Å². The van der Waals surface area contributed by atoms with Crippen molar-refractivity contribution in [2.24, 2.45) is 5.73 Å². The van der Waals surface area contributed by atoms with Crippen LogP contribution in [0.5, 0.6) is 0 Å². The Morgan fingerprint density at radius 3 is 2.57 bits per heavy atom. The van der Waals surface area contributed by atoms with Gasteiger partial charge < -0.3 is 5.73 Å². The van der Waals surface area contributed by atoms with E-state index in [2.05, 4.69) is 9.97 Å². The summed E-state index contributed by atoms with van der Waals surface area (Å²) in [5, 5.41) is 0. The van der Waals surface area contributed by atoms with E-state index in [1.807, 2.05) is 20.0 Å². The van der Waals surface area contributed by atoms with E-state index in [0.29, 0.717) is 6.54 Å². The lowest BCUT2D eigenvalue weighted by molar-refractivity contribution is 0.237. The lowest BCUT2D eigenvalue weighted by atomic mass is 9.68. The van der Waals surface area contributed by atoms with Crippen molar-refractivity contribution in [3.63, 3.8) is 0 Å². The van der Waals surface area contributed by atoms with Crippen molar-refractivity contribution in [2.45, 2.75) is 38.5 Å². The Morgan fingerprint density at radius 2 is 2.14 bits per heavy atom. The molecule has 76 valence electrons. The number of nitrogens with two attached hydrogens (primary N) is 1. The van der Waals surface area contributed by atoms with Gasteiger partial charge >= 0.3 is 0 Å². The summed E-state index contributed by atoms with van der Waals surface area (Å²) in [5.41, 5.74) is 8.14. The van der Waals surface area contributed by atoms with E-state index < -0.39 is 0 Å². The van der Waals surface area contributed by atoms with Gasteiger partial charge in [0.1, 0.15) is 5.82 Å². The quantitative estimate of drug-likeness (QED) is 0.770. The van der Waals surface area contributed by atoms with Crippen LogP contribution >= 0.6 is 0 Å². The molecule has 1 heterocycles. The molecule has 0 aliphatic heterocycles. The zero-order chi connectivity index (χ0) is 10.2. The molecule has 0 unspecified atom stereocenters. The van der Waals surface area contributed by atoms with Crippen LogP contribution in [0.15, 0.2) is 6.20 Å². The third-order valence-corrected chi connectivity index (χ3v) is 3.40. The van der Waals surface area contributed by atoms with Gasteiger partial charge in [-0.15, -0.1) is 0 Å². The molecule has 1 aromatic rings. The van der Waals surface area contributed by atoms with Crippen LogP contribution in [0, 0.1) is 13.8 Å². The van der Waals surface area contributed by atoms with Crippen molar-refractivity contribution in [1.29, 1.82) is 0 Å². The summed E-state index contributed by atoms with van der Waals surface area (Å²) in [4.78, 5) is 8.96. The third-order valence-electron chi connectivity index (χ3n) is 3.40. The minimum absolute atomic E-state index is 0.0957. The third kappa shape index (κ3) is 1.32. The lowest BCUT2D eigenvalue weighted by Crippen LogP contribution is -2.43. The Balaban J connectivity index is 2.36. The standard InChI is InChI=1S/C11H17N3/c1-8-6-13-10(14-9(8)2)11(7-12)4-3-5-11/h6H,3-5,7,12H2,1-2H3. The van der Waals surface area contributed by atoms with Crippen LogP contribution in [0.25, 0.3) is 0 Å². The zero-order valence-electron chi connectivity index (χ0n) is 8.88. The fourth-order valence-electron chi connectivity index (χ4n) is 1.91. The maximum Gasteiger partial charge on any atom is 0.135 e. The summed E-state index contributed by atoms with van der Waals surface area (Å²) >= 11 is 0. The van der Waals surface area contributed by atoms with Crippen molar-refractivity contribution >= 4 is 0 Å². The van der Waals surface area contributed by atoms with Crippen molar-refractivity contribution < 1.29 is 0 Å². The van der Waals surface area contributed by atoms with Gasteiger partial charge in [-0.2, -0.15) is 0 Å². The molecular formula is C11H17N3. The van der Waals surface area contributed by atoms with Gasteiger partial charge in [-0.3, -0.25) is 0 Å². The highest BCUT2D eigenvalue weighted by Gasteiger charge is 2.40. The van der Waals surface area contributed by atoms with E-state index in [0.717, 1.165) is 29.9 Å². The van der Waals surface area contributed by atoms with Crippen molar-refractivity contribution in [3.8, 4) is 0 Å². The molecule has 0 bridgehead atoms. The molecule has 1 aromatic heterocycles. The van der Waals surface area contributed by atoms with Crippen LogP contribution in [-0.2, 0) is 5.41 Å². The van der Waals surface area contributed by atoms with Crippen LogP contribution in [-0.4, -0.2) is 16.5 Å². The van der Waals surface area contributed by atoms with Gasteiger partial charge in [0.05, 0.1) is 0 Å². The van der Waals surface area contributed by atoms with Gasteiger partial charge in [0.2, 0.25) is 0 Å². The predicted octanol–water partition coefficient (Wildman–Crippen LogP) is 1.47. The topological polar surface area (TPSA) is 51.8 Å². The summed E-state index contributed by atoms with van der Waals surface area (Å²) in [6, 6.07) is 0. The van der Waals surface area contributed by atoms with Crippen LogP contribution in [0.4, 0.5) is 0 Å². The summed E-state index contributed by atoms with van der Waals surface area (Å²) in [6.07, 6.45) is 5.46. The molecule has 1 fully saturated rings. The highest BCUT2D eigenvalue weighted by Crippen LogP contribution is 2.40. The molecule has 3 nitrogen and oxygen atoms in total. The Bertz CT molecular complexity index is 337. The molecule has 3 heteroatoms. The SMILES string of the molecule is Cc1cnc(C2(CN)CCC2)nc1C. The second-order valence-corrected chi connectivity index (χ2v) is 4.30. The molecule has 0 radical (unpaired) electrons. The number of rotatable bonds is 2. The smallest absolute Gasteiger partial charge is 0.135 e. The Hall–Kier alpha value is -0.960. The van der Waals surface area contributed by atoms with Crippen LogP contribution in [0.1, 0.15) is 36.3 Å². The van der Waals surface area contributed by atoms with E-state index in [4.69, 9.17) is 5.73 Å². The minimum Gasteiger partial charge on any atom is -0.329 e. The number of nitrogens with zero attached hydrogens (tertiary/aromatic N) is 2. The molecule has 1 aliphatic carbocycles. The maximum atomic E-state index is 5.81. The molecule has 1 saturated carbocycles. The Kier molecular flexibility index (Phi) is 2.27. The first-order valence-corrected chi connectivity index (χ1v) is 5.19. The number of hydrogen-bond donors (Lipinski definition) is 1. The van der Waals surface area contributed by atoms with Crippen molar-refractivity contribution in [3.05, 3.63) is 23.3 Å². The number of aromatic nitrogens is 2. The van der Waals surface area contributed by atoms with Gasteiger partial charge in [-0.05, 0) is 32.3 Å². The second-order valence-electron chi connectivity index (χ2n) is 4.30. The molecule has 0 amide bonds. The monoisotopic (exact) mass is 191 g/mol. The highest BCUT2D eigenvalue weighted by molar-refractivity contribution is 5.20. The van der Waals surface area contributed by atoms with E-state index in [1.165, 1.54) is 6.42 Å². The predicted molar refractivity (Wildman–Crippen MR) is 56.1 cm³/mol. The van der Waals surface area contributed by atoms with Gasteiger partial charge in [0.25, 0.3) is 0 Å². The van der Waals surface area contributed by atoms with E-state index >= 15 is 0 Å². The molecule has 0 aromatic carbocycles. The molecule has 2 N–H and O–H groups in total. The fourth-order valence-corrected chi connectivity index (χ4v) is 1.91. The molecule has 14 heavy (non-hydrogen) atoms. The van der Waals surface area contributed by atoms with Crippen LogP contribution in [0.3, 0.4) is 0 Å². The largest absolute Gasteiger partial charge is 0.329 e. The summed E-state index contributed by atoms with van der Waals surface area (Å²) < 4.78 is 0. The summed E-state index contributed by atoms with van der Waals surface area (Å²) in [7, 11) is 0. The molecular weight excluding hydrogens is 174 g/mol. The van der Waals surface area contributed by atoms with E-state index in [1.54, 1.807) is 0 Å².